The summed E-state index contributed by atoms with van der Waals surface area (Å²) in [4.78, 5) is 17.0. The van der Waals surface area contributed by atoms with Crippen molar-refractivity contribution >= 4 is 35.2 Å². The lowest BCUT2D eigenvalue weighted by Gasteiger charge is -2.34. The molecule has 4 rings (SSSR count). The molecule has 3 aromatic carbocycles. The normalized spacial score (nSPS) is 14.3. The Morgan fingerprint density at radius 3 is 2.43 bits per heavy atom. The third-order valence-electron chi connectivity index (χ3n) is 5.93. The van der Waals surface area contributed by atoms with Crippen molar-refractivity contribution in [2.24, 2.45) is 0 Å². The predicted molar refractivity (Wildman–Crippen MR) is 141 cm³/mol. The Labute approximate surface area is 216 Å². The molecule has 1 fully saturated rings. The molecule has 0 aliphatic carbocycles. The van der Waals surface area contributed by atoms with E-state index in [4.69, 9.17) is 32.7 Å². The molecular weight excluding hydrogens is 483 g/mol. The minimum Gasteiger partial charge on any atom is -0.496 e. The van der Waals surface area contributed by atoms with Gasteiger partial charge in [0.15, 0.2) is 0 Å². The molecule has 0 saturated carbocycles. The number of carbonyl (C=O) groups is 1. The summed E-state index contributed by atoms with van der Waals surface area (Å²) in [5.74, 6) is 1.56. The molecule has 3 aromatic rings. The fourth-order valence-electron chi connectivity index (χ4n) is 3.99. The van der Waals surface area contributed by atoms with Crippen molar-refractivity contribution in [3.8, 4) is 11.5 Å². The Morgan fingerprint density at radius 1 is 0.943 bits per heavy atom. The Kier molecular flexibility index (Phi) is 8.69. The van der Waals surface area contributed by atoms with Crippen LogP contribution in [0.1, 0.15) is 16.7 Å². The molecule has 1 heterocycles. The molecular formula is C28H28Cl2N2O3. The monoisotopic (exact) mass is 510 g/mol. The second-order valence-corrected chi connectivity index (χ2v) is 9.17. The first-order valence-corrected chi connectivity index (χ1v) is 12.3. The van der Waals surface area contributed by atoms with Crippen LogP contribution in [0.4, 0.5) is 0 Å². The van der Waals surface area contributed by atoms with Gasteiger partial charge in [-0.3, -0.25) is 9.69 Å². The van der Waals surface area contributed by atoms with E-state index in [1.165, 1.54) is 0 Å². The highest BCUT2D eigenvalue weighted by Crippen LogP contribution is 2.24. The highest BCUT2D eigenvalue weighted by atomic mass is 35.5. The fourth-order valence-corrected chi connectivity index (χ4v) is 4.31. The van der Waals surface area contributed by atoms with E-state index in [1.807, 2.05) is 77.7 Å². The lowest BCUT2D eigenvalue weighted by atomic mass is 10.1. The van der Waals surface area contributed by atoms with Crippen LogP contribution in [-0.2, 0) is 17.9 Å². The molecule has 0 N–H and O–H groups in total. The number of benzene rings is 3. The zero-order valence-corrected chi connectivity index (χ0v) is 21.1. The predicted octanol–water partition coefficient (Wildman–Crippen LogP) is 5.94. The molecule has 0 radical (unpaired) electrons. The first-order valence-electron chi connectivity index (χ1n) is 11.5. The molecule has 182 valence electrons. The summed E-state index contributed by atoms with van der Waals surface area (Å²) >= 11 is 12.1. The minimum atomic E-state index is 0.0112. The van der Waals surface area contributed by atoms with Crippen LogP contribution in [0.25, 0.3) is 6.08 Å². The van der Waals surface area contributed by atoms with Crippen molar-refractivity contribution in [3.05, 3.63) is 99.5 Å². The SMILES string of the molecule is COc1ccc(/C=C/C(=O)N2CCN(Cc3ccc(Cl)c(Cl)c3)CC2)cc1COc1ccccc1. The molecule has 35 heavy (non-hydrogen) atoms. The standard InChI is InChI=1S/C28H28Cl2N2O3/c1-34-27-11-8-21(17-23(27)20-35-24-5-3-2-4-6-24)9-12-28(33)32-15-13-31(14-16-32)19-22-7-10-25(29)26(30)18-22/h2-12,17-18H,13-16,19-20H2,1H3/b12-9+. The third kappa shape index (κ3) is 7.01. The van der Waals surface area contributed by atoms with E-state index >= 15 is 0 Å². The van der Waals surface area contributed by atoms with Gasteiger partial charge in [0, 0.05) is 44.4 Å². The molecule has 5 nitrogen and oxygen atoms in total. The fraction of sp³-hybridized carbons (Fsp3) is 0.250. The van der Waals surface area contributed by atoms with Crippen LogP contribution in [0.3, 0.4) is 0 Å². The van der Waals surface area contributed by atoms with Gasteiger partial charge in [0.2, 0.25) is 5.91 Å². The molecule has 1 amide bonds. The highest BCUT2D eigenvalue weighted by Gasteiger charge is 2.20. The van der Waals surface area contributed by atoms with E-state index in [9.17, 15) is 4.79 Å². The van der Waals surface area contributed by atoms with Crippen molar-refractivity contribution < 1.29 is 14.3 Å². The maximum atomic E-state index is 12.8. The maximum absolute atomic E-state index is 12.8. The Morgan fingerprint density at radius 2 is 1.71 bits per heavy atom. The molecule has 1 aliphatic rings. The number of rotatable bonds is 8. The molecule has 0 atom stereocenters. The van der Waals surface area contributed by atoms with E-state index in [-0.39, 0.29) is 5.91 Å². The van der Waals surface area contributed by atoms with E-state index in [0.717, 1.165) is 47.8 Å². The molecule has 1 aliphatic heterocycles. The number of carbonyl (C=O) groups excluding carboxylic acids is 1. The Balaban J connectivity index is 1.31. The molecule has 0 unspecified atom stereocenters. The second-order valence-electron chi connectivity index (χ2n) is 8.36. The molecule has 7 heteroatoms. The van der Waals surface area contributed by atoms with Crippen molar-refractivity contribution in [2.75, 3.05) is 33.3 Å². The van der Waals surface area contributed by atoms with Crippen molar-refractivity contribution in [3.63, 3.8) is 0 Å². The molecule has 0 aromatic heterocycles. The summed E-state index contributed by atoms with van der Waals surface area (Å²) in [6.45, 7) is 4.15. The lowest BCUT2D eigenvalue weighted by Crippen LogP contribution is -2.47. The van der Waals surface area contributed by atoms with Gasteiger partial charge in [0.05, 0.1) is 17.2 Å². The number of para-hydroxylation sites is 1. The summed E-state index contributed by atoms with van der Waals surface area (Å²) in [5.41, 5.74) is 2.96. The number of piperazine rings is 1. The summed E-state index contributed by atoms with van der Waals surface area (Å²) in [6, 6.07) is 21.2. The molecule has 1 saturated heterocycles. The van der Waals surface area contributed by atoms with Gasteiger partial charge in [-0.2, -0.15) is 0 Å². The van der Waals surface area contributed by atoms with E-state index in [0.29, 0.717) is 29.7 Å². The second kappa shape index (κ2) is 12.1. The van der Waals surface area contributed by atoms with Gasteiger partial charge in [0.25, 0.3) is 0 Å². The Bertz CT molecular complexity index is 1180. The summed E-state index contributed by atoms with van der Waals surface area (Å²) < 4.78 is 11.4. The number of methoxy groups -OCH3 is 1. The van der Waals surface area contributed by atoms with Crippen molar-refractivity contribution in [1.82, 2.24) is 9.80 Å². The van der Waals surface area contributed by atoms with Crippen LogP contribution in [-0.4, -0.2) is 49.0 Å². The van der Waals surface area contributed by atoms with Gasteiger partial charge in [-0.1, -0.05) is 53.5 Å². The maximum Gasteiger partial charge on any atom is 0.246 e. The van der Waals surface area contributed by atoms with E-state index in [1.54, 1.807) is 13.2 Å². The molecule has 0 bridgehead atoms. The number of hydrogen-bond donors (Lipinski definition) is 0. The van der Waals surface area contributed by atoms with Crippen LogP contribution in [0.2, 0.25) is 10.0 Å². The largest absolute Gasteiger partial charge is 0.496 e. The topological polar surface area (TPSA) is 42.0 Å². The van der Waals surface area contributed by atoms with Crippen LogP contribution < -0.4 is 9.47 Å². The minimum absolute atomic E-state index is 0.0112. The smallest absolute Gasteiger partial charge is 0.246 e. The average Bonchev–Trinajstić information content (AvgIpc) is 2.89. The first kappa shape index (κ1) is 25.1. The summed E-state index contributed by atoms with van der Waals surface area (Å²) in [6.07, 6.45) is 3.48. The van der Waals surface area contributed by atoms with Crippen LogP contribution in [0.15, 0.2) is 72.8 Å². The number of nitrogens with zero attached hydrogens (tertiary/aromatic N) is 2. The Hall–Kier alpha value is -2.99. The molecule has 0 spiro atoms. The first-order chi connectivity index (χ1) is 17.0. The summed E-state index contributed by atoms with van der Waals surface area (Å²) in [5, 5.41) is 1.13. The van der Waals surface area contributed by atoms with Gasteiger partial charge >= 0.3 is 0 Å². The number of ether oxygens (including phenoxy) is 2. The van der Waals surface area contributed by atoms with Gasteiger partial charge in [-0.05, 0) is 53.6 Å². The van der Waals surface area contributed by atoms with Crippen LogP contribution in [0, 0.1) is 0 Å². The van der Waals surface area contributed by atoms with Crippen molar-refractivity contribution in [2.45, 2.75) is 13.2 Å². The number of hydrogen-bond acceptors (Lipinski definition) is 4. The van der Waals surface area contributed by atoms with E-state index < -0.39 is 0 Å². The summed E-state index contributed by atoms with van der Waals surface area (Å²) in [7, 11) is 1.64. The highest BCUT2D eigenvalue weighted by molar-refractivity contribution is 6.42. The number of amides is 1. The van der Waals surface area contributed by atoms with E-state index in [2.05, 4.69) is 4.90 Å². The third-order valence-corrected chi connectivity index (χ3v) is 6.67. The van der Waals surface area contributed by atoms with Gasteiger partial charge in [0.1, 0.15) is 18.1 Å². The van der Waals surface area contributed by atoms with Crippen LogP contribution in [0.5, 0.6) is 11.5 Å². The zero-order chi connectivity index (χ0) is 24.6. The van der Waals surface area contributed by atoms with Crippen LogP contribution >= 0.6 is 23.2 Å². The van der Waals surface area contributed by atoms with Gasteiger partial charge in [-0.25, -0.2) is 0 Å². The van der Waals surface area contributed by atoms with Crippen molar-refractivity contribution in [1.29, 1.82) is 0 Å². The number of halogens is 2. The quantitative estimate of drug-likeness (QED) is 0.351. The lowest BCUT2D eigenvalue weighted by molar-refractivity contribution is -0.127. The van der Waals surface area contributed by atoms with Gasteiger partial charge < -0.3 is 14.4 Å². The zero-order valence-electron chi connectivity index (χ0n) is 19.6. The van der Waals surface area contributed by atoms with Gasteiger partial charge in [-0.15, -0.1) is 0 Å². The average molecular weight is 511 g/mol.